The van der Waals surface area contributed by atoms with Crippen molar-refractivity contribution in [3.05, 3.63) is 36.0 Å². The van der Waals surface area contributed by atoms with Crippen LogP contribution in [0.15, 0.2) is 45.3 Å². The van der Waals surface area contributed by atoms with Crippen LogP contribution < -0.4 is 4.18 Å². The van der Waals surface area contributed by atoms with Gasteiger partial charge in [0.1, 0.15) is 4.90 Å². The van der Waals surface area contributed by atoms with Crippen molar-refractivity contribution in [3.8, 4) is 5.88 Å². The van der Waals surface area contributed by atoms with E-state index in [-0.39, 0.29) is 33.7 Å². The molecule has 0 fully saturated rings. The zero-order valence-electron chi connectivity index (χ0n) is 17.8. The Morgan fingerprint density at radius 2 is 1.58 bits per heavy atom. The van der Waals surface area contributed by atoms with Crippen molar-refractivity contribution < 1.29 is 12.6 Å². The van der Waals surface area contributed by atoms with Crippen molar-refractivity contribution in [2.45, 2.75) is 11.8 Å². The van der Waals surface area contributed by atoms with E-state index in [2.05, 4.69) is 29.9 Å². The van der Waals surface area contributed by atoms with E-state index in [0.717, 1.165) is 5.56 Å². The molecular formula is C19H22N8O3S. The van der Waals surface area contributed by atoms with Crippen LogP contribution in [0.1, 0.15) is 5.56 Å². The quantitative estimate of drug-likeness (QED) is 0.306. The highest BCUT2D eigenvalue weighted by Crippen LogP contribution is 2.25. The largest absolute Gasteiger partial charge is 0.369 e. The van der Waals surface area contributed by atoms with Gasteiger partial charge in [0, 0.05) is 28.2 Å². The second-order valence-corrected chi connectivity index (χ2v) is 8.54. The van der Waals surface area contributed by atoms with Crippen LogP contribution in [0.25, 0.3) is 11.2 Å². The molecule has 31 heavy (non-hydrogen) atoms. The minimum Gasteiger partial charge on any atom is -0.369 e. The van der Waals surface area contributed by atoms with Crippen LogP contribution in [0.2, 0.25) is 0 Å². The number of aryl methyl sites for hydroxylation is 1. The number of aromatic nitrogens is 4. The molecule has 0 unspecified atom stereocenters. The lowest BCUT2D eigenvalue weighted by atomic mass is 10.2. The van der Waals surface area contributed by atoms with E-state index in [1.54, 1.807) is 42.4 Å². The van der Waals surface area contributed by atoms with Crippen LogP contribution in [0, 0.1) is 6.92 Å². The summed E-state index contributed by atoms with van der Waals surface area (Å²) in [6.07, 6.45) is 4.25. The number of hydrogen-bond donors (Lipinski definition) is 0. The van der Waals surface area contributed by atoms with Crippen molar-refractivity contribution in [1.82, 2.24) is 29.7 Å². The number of hydrogen-bond acceptors (Lipinski definition) is 9. The Balaban J connectivity index is 2.04. The van der Waals surface area contributed by atoms with E-state index in [4.69, 9.17) is 4.18 Å². The SMILES string of the molecule is Cc1ccc(S(=O)(=O)Oc2cnc3nc(/N=C/N(C)C)nc(N=CN(C)C)c3n2)cc1. The molecule has 3 rings (SSSR count). The van der Waals surface area contributed by atoms with Crippen molar-refractivity contribution in [1.29, 1.82) is 0 Å². The molecule has 0 bridgehead atoms. The molecular weight excluding hydrogens is 420 g/mol. The molecule has 2 heterocycles. The summed E-state index contributed by atoms with van der Waals surface area (Å²) in [5, 5.41) is 0. The summed E-state index contributed by atoms with van der Waals surface area (Å²) in [7, 11) is 3.14. The fourth-order valence-electron chi connectivity index (χ4n) is 2.26. The average molecular weight is 443 g/mol. The first-order valence-electron chi connectivity index (χ1n) is 9.11. The predicted molar refractivity (Wildman–Crippen MR) is 118 cm³/mol. The van der Waals surface area contributed by atoms with Gasteiger partial charge in [-0.2, -0.15) is 18.4 Å². The van der Waals surface area contributed by atoms with Crippen molar-refractivity contribution >= 4 is 45.7 Å². The molecule has 0 aliphatic carbocycles. The molecule has 2 aromatic heterocycles. The third-order valence-electron chi connectivity index (χ3n) is 3.67. The Kier molecular flexibility index (Phi) is 6.39. The first kappa shape index (κ1) is 22.0. The lowest BCUT2D eigenvalue weighted by Gasteiger charge is -2.08. The first-order valence-corrected chi connectivity index (χ1v) is 10.5. The highest BCUT2D eigenvalue weighted by Gasteiger charge is 2.19. The highest BCUT2D eigenvalue weighted by molar-refractivity contribution is 7.87. The molecule has 0 amide bonds. The number of aliphatic imine (C=N–C) groups is 2. The maximum absolute atomic E-state index is 12.6. The summed E-state index contributed by atoms with van der Waals surface area (Å²) in [6.45, 7) is 1.86. The molecule has 0 aliphatic rings. The molecule has 0 atom stereocenters. The van der Waals surface area contributed by atoms with E-state index < -0.39 is 10.1 Å². The third-order valence-corrected chi connectivity index (χ3v) is 4.91. The molecule has 11 nitrogen and oxygen atoms in total. The van der Waals surface area contributed by atoms with E-state index in [9.17, 15) is 8.42 Å². The minimum absolute atomic E-state index is 0.00969. The number of rotatable bonds is 7. The zero-order valence-corrected chi connectivity index (χ0v) is 18.6. The Bertz CT molecular complexity index is 1240. The van der Waals surface area contributed by atoms with Gasteiger partial charge in [0.2, 0.25) is 0 Å². The van der Waals surface area contributed by atoms with E-state index in [0.29, 0.717) is 0 Å². The Morgan fingerprint density at radius 1 is 0.935 bits per heavy atom. The van der Waals surface area contributed by atoms with Gasteiger partial charge >= 0.3 is 10.1 Å². The van der Waals surface area contributed by atoms with Crippen LogP contribution in [-0.2, 0) is 10.1 Å². The molecule has 0 saturated carbocycles. The minimum atomic E-state index is -4.08. The van der Waals surface area contributed by atoms with Crippen LogP contribution in [0.3, 0.4) is 0 Å². The molecule has 3 aromatic rings. The molecule has 0 radical (unpaired) electrons. The predicted octanol–water partition coefficient (Wildman–Crippen LogP) is 1.94. The van der Waals surface area contributed by atoms with Gasteiger partial charge in [0.15, 0.2) is 17.0 Å². The lowest BCUT2D eigenvalue weighted by molar-refractivity contribution is 0.476. The molecule has 0 saturated heterocycles. The van der Waals surface area contributed by atoms with Crippen LogP contribution in [0.4, 0.5) is 11.8 Å². The molecule has 162 valence electrons. The van der Waals surface area contributed by atoms with Crippen molar-refractivity contribution in [2.24, 2.45) is 9.98 Å². The molecule has 0 N–H and O–H groups in total. The normalized spacial score (nSPS) is 12.0. The first-order chi connectivity index (χ1) is 14.6. The number of benzene rings is 1. The summed E-state index contributed by atoms with van der Waals surface area (Å²) < 4.78 is 30.3. The Morgan fingerprint density at radius 3 is 2.23 bits per heavy atom. The van der Waals surface area contributed by atoms with Gasteiger partial charge in [-0.3, -0.25) is 0 Å². The van der Waals surface area contributed by atoms with Crippen molar-refractivity contribution in [3.63, 3.8) is 0 Å². The number of fused-ring (bicyclic) bond motifs is 1. The summed E-state index contributed by atoms with van der Waals surface area (Å²) in [5.41, 5.74) is 1.31. The zero-order chi connectivity index (χ0) is 22.6. The average Bonchev–Trinajstić information content (AvgIpc) is 2.70. The van der Waals surface area contributed by atoms with Gasteiger partial charge in [-0.05, 0) is 19.1 Å². The smallest absolute Gasteiger partial charge is 0.340 e. The highest BCUT2D eigenvalue weighted by atomic mass is 32.2. The maximum atomic E-state index is 12.6. The fourth-order valence-corrected chi connectivity index (χ4v) is 3.13. The summed E-state index contributed by atoms with van der Waals surface area (Å²) in [4.78, 5) is 28.8. The standard InChI is InChI=1S/C19H22N8O3S/c1-13-6-8-14(9-7-13)31(28,29)30-15-10-20-17-16(23-15)18(21-11-26(2)3)25-19(24-17)22-12-27(4)5/h6-12H,1-5H3/b21-11?,22-12+. The Labute approximate surface area is 180 Å². The van der Waals surface area contributed by atoms with Gasteiger partial charge in [0.05, 0.1) is 18.9 Å². The van der Waals surface area contributed by atoms with Crippen LogP contribution in [-0.4, -0.2) is 79.0 Å². The summed E-state index contributed by atoms with van der Waals surface area (Å²) >= 11 is 0. The lowest BCUT2D eigenvalue weighted by Crippen LogP contribution is -2.11. The monoisotopic (exact) mass is 442 g/mol. The van der Waals surface area contributed by atoms with Gasteiger partial charge in [0.25, 0.3) is 11.8 Å². The summed E-state index contributed by atoms with van der Waals surface area (Å²) in [6, 6.07) is 6.29. The van der Waals surface area contributed by atoms with Crippen LogP contribution >= 0.6 is 0 Å². The van der Waals surface area contributed by atoms with Crippen molar-refractivity contribution in [2.75, 3.05) is 28.2 Å². The topological polar surface area (TPSA) is 126 Å². The molecule has 0 spiro atoms. The molecule has 0 aliphatic heterocycles. The van der Waals surface area contributed by atoms with E-state index >= 15 is 0 Å². The molecule has 1 aromatic carbocycles. The number of nitrogens with zero attached hydrogens (tertiary/aromatic N) is 8. The van der Waals surface area contributed by atoms with Gasteiger partial charge in [-0.1, -0.05) is 17.7 Å². The second-order valence-electron chi connectivity index (χ2n) is 6.99. The van der Waals surface area contributed by atoms with Crippen LogP contribution in [0.5, 0.6) is 5.88 Å². The fraction of sp³-hybridized carbons (Fsp3) is 0.263. The summed E-state index contributed by atoms with van der Waals surface area (Å²) in [5.74, 6) is 0.0974. The van der Waals surface area contributed by atoms with E-state index in [1.165, 1.54) is 24.7 Å². The molecule has 12 heteroatoms. The van der Waals surface area contributed by atoms with Gasteiger partial charge in [-0.25, -0.2) is 20.0 Å². The maximum Gasteiger partial charge on any atom is 0.340 e. The van der Waals surface area contributed by atoms with Gasteiger partial charge in [-0.15, -0.1) is 0 Å². The van der Waals surface area contributed by atoms with Gasteiger partial charge < -0.3 is 14.0 Å². The second kappa shape index (κ2) is 9.00. The Hall–Kier alpha value is -3.67. The third kappa shape index (κ3) is 5.69. The van der Waals surface area contributed by atoms with E-state index in [1.807, 2.05) is 21.0 Å².